The van der Waals surface area contributed by atoms with Gasteiger partial charge in [-0.1, -0.05) is 32.4 Å². The molecule has 1 aromatic rings. The van der Waals surface area contributed by atoms with Crippen LogP contribution >= 0.6 is 24.0 Å². The summed E-state index contributed by atoms with van der Waals surface area (Å²) in [5.41, 5.74) is 5.83. The first-order valence-corrected chi connectivity index (χ1v) is 7.40. The van der Waals surface area contributed by atoms with Crippen LogP contribution in [-0.4, -0.2) is 5.71 Å². The topological polar surface area (TPSA) is 24.4 Å². The van der Waals surface area contributed by atoms with Crippen molar-refractivity contribution >= 4 is 35.4 Å². The van der Waals surface area contributed by atoms with Gasteiger partial charge in [0, 0.05) is 10.7 Å². The summed E-state index contributed by atoms with van der Waals surface area (Å²) in [6.07, 6.45) is 4.74. The fourth-order valence-electron chi connectivity index (χ4n) is 2.60. The van der Waals surface area contributed by atoms with Crippen molar-refractivity contribution in [1.82, 2.24) is 0 Å². The van der Waals surface area contributed by atoms with Gasteiger partial charge < -0.3 is 0 Å². The van der Waals surface area contributed by atoms with Crippen LogP contribution in [0.15, 0.2) is 29.4 Å². The fraction of sp³-hybridized carbons (Fsp3) is 0.562. The second-order valence-corrected chi connectivity index (χ2v) is 6.87. The predicted octanol–water partition coefficient (Wildman–Crippen LogP) is 5.77. The molecular formula is C16H24Cl2N2. The van der Waals surface area contributed by atoms with Gasteiger partial charge >= 0.3 is 0 Å². The number of benzene rings is 1. The molecule has 1 aliphatic rings. The van der Waals surface area contributed by atoms with Crippen molar-refractivity contribution in [1.29, 1.82) is 0 Å². The third-order valence-electron chi connectivity index (χ3n) is 3.97. The molecule has 4 heteroatoms. The van der Waals surface area contributed by atoms with Crippen molar-refractivity contribution in [2.24, 2.45) is 16.4 Å². The Morgan fingerprint density at radius 2 is 1.65 bits per heavy atom. The second-order valence-electron chi connectivity index (χ2n) is 6.44. The Bertz CT molecular complexity index is 437. The first-order chi connectivity index (χ1) is 8.95. The van der Waals surface area contributed by atoms with Gasteiger partial charge in [0.15, 0.2) is 0 Å². The summed E-state index contributed by atoms with van der Waals surface area (Å²) in [4.78, 5) is 0. The van der Waals surface area contributed by atoms with Crippen molar-refractivity contribution in [3.8, 4) is 0 Å². The lowest BCUT2D eigenvalue weighted by Crippen LogP contribution is -2.26. The number of hydrazone groups is 1. The van der Waals surface area contributed by atoms with Crippen molar-refractivity contribution in [2.75, 3.05) is 5.43 Å². The summed E-state index contributed by atoms with van der Waals surface area (Å²) >= 11 is 5.86. The molecule has 2 rings (SSSR count). The van der Waals surface area contributed by atoms with Gasteiger partial charge in [0.05, 0.1) is 5.69 Å². The van der Waals surface area contributed by atoms with Crippen LogP contribution in [0.5, 0.6) is 0 Å². The predicted molar refractivity (Wildman–Crippen MR) is 91.2 cm³/mol. The van der Waals surface area contributed by atoms with Crippen molar-refractivity contribution in [2.45, 2.75) is 46.5 Å². The summed E-state index contributed by atoms with van der Waals surface area (Å²) in [5, 5.41) is 5.28. The minimum absolute atomic E-state index is 0. The van der Waals surface area contributed by atoms with Gasteiger partial charge in [0.1, 0.15) is 0 Å². The average molecular weight is 315 g/mol. The lowest BCUT2D eigenvalue weighted by Gasteiger charge is -2.34. The molecule has 0 radical (unpaired) electrons. The highest BCUT2D eigenvalue weighted by atomic mass is 35.5. The Balaban J connectivity index is 0.00000200. The quantitative estimate of drug-likeness (QED) is 0.689. The molecule has 0 aromatic heterocycles. The minimum Gasteiger partial charge on any atom is -0.279 e. The van der Waals surface area contributed by atoms with Crippen molar-refractivity contribution in [3.63, 3.8) is 0 Å². The van der Waals surface area contributed by atoms with E-state index in [9.17, 15) is 0 Å². The molecule has 0 spiro atoms. The summed E-state index contributed by atoms with van der Waals surface area (Å²) in [5.74, 6) is 0.821. The zero-order valence-corrected chi connectivity index (χ0v) is 14.0. The molecule has 0 saturated heterocycles. The molecule has 20 heavy (non-hydrogen) atoms. The van der Waals surface area contributed by atoms with E-state index in [2.05, 4.69) is 31.3 Å². The highest BCUT2D eigenvalue weighted by molar-refractivity contribution is 6.30. The number of nitrogens with one attached hydrogen (secondary N) is 1. The molecule has 0 atom stereocenters. The normalized spacial score (nSPS) is 19.2. The van der Waals surface area contributed by atoms with E-state index in [1.54, 1.807) is 0 Å². The third kappa shape index (κ3) is 4.99. The first kappa shape index (κ1) is 17.3. The highest BCUT2D eigenvalue weighted by Gasteiger charge is 2.27. The van der Waals surface area contributed by atoms with Crippen LogP contribution in [0.4, 0.5) is 5.69 Å². The molecule has 2 nitrogen and oxygen atoms in total. The fourth-order valence-corrected chi connectivity index (χ4v) is 2.72. The Kier molecular flexibility index (Phi) is 6.35. The average Bonchev–Trinajstić information content (AvgIpc) is 2.37. The summed E-state index contributed by atoms with van der Waals surface area (Å²) in [7, 11) is 0. The summed E-state index contributed by atoms with van der Waals surface area (Å²) in [6.45, 7) is 7.02. The molecule has 0 heterocycles. The SMILES string of the molecule is CC(C)(C)C1CCC(=NNc2ccc(Cl)cc2)CC1.Cl. The maximum absolute atomic E-state index is 5.86. The van der Waals surface area contributed by atoms with Crippen LogP contribution in [0.3, 0.4) is 0 Å². The lowest BCUT2D eigenvalue weighted by molar-refractivity contribution is 0.208. The van der Waals surface area contributed by atoms with E-state index >= 15 is 0 Å². The maximum Gasteiger partial charge on any atom is 0.0562 e. The van der Waals surface area contributed by atoms with Gasteiger partial charge in [-0.2, -0.15) is 5.10 Å². The Hall–Kier alpha value is -0.730. The number of anilines is 1. The number of hydrogen-bond donors (Lipinski definition) is 1. The standard InChI is InChI=1S/C16H23ClN2.ClH/c1-16(2,3)12-4-8-14(9-5-12)18-19-15-10-6-13(17)7-11-15;/h6-7,10-12,19H,4-5,8-9H2,1-3H3;1H. The molecule has 1 aliphatic carbocycles. The van der Waals surface area contributed by atoms with Crippen LogP contribution in [0, 0.1) is 11.3 Å². The summed E-state index contributed by atoms with van der Waals surface area (Å²) in [6, 6.07) is 7.65. The zero-order chi connectivity index (χ0) is 13.9. The molecular weight excluding hydrogens is 291 g/mol. The van der Waals surface area contributed by atoms with E-state index in [4.69, 9.17) is 11.6 Å². The highest BCUT2D eigenvalue weighted by Crippen LogP contribution is 2.36. The van der Waals surface area contributed by atoms with E-state index < -0.39 is 0 Å². The van der Waals surface area contributed by atoms with Crippen LogP contribution in [0.2, 0.25) is 5.02 Å². The van der Waals surface area contributed by atoms with Gasteiger partial charge in [0.2, 0.25) is 0 Å². The minimum atomic E-state index is 0. The van der Waals surface area contributed by atoms with Crippen LogP contribution in [-0.2, 0) is 0 Å². The van der Waals surface area contributed by atoms with Crippen LogP contribution in [0.25, 0.3) is 0 Å². The number of halogens is 2. The summed E-state index contributed by atoms with van der Waals surface area (Å²) < 4.78 is 0. The number of rotatable bonds is 2. The van der Waals surface area contributed by atoms with E-state index in [0.29, 0.717) is 5.41 Å². The molecule has 0 aliphatic heterocycles. The van der Waals surface area contributed by atoms with E-state index in [0.717, 1.165) is 29.5 Å². The Labute approximate surface area is 133 Å². The largest absolute Gasteiger partial charge is 0.279 e. The molecule has 0 amide bonds. The van der Waals surface area contributed by atoms with Gasteiger partial charge in [-0.05, 0) is 61.3 Å². The van der Waals surface area contributed by atoms with E-state index in [-0.39, 0.29) is 12.4 Å². The van der Waals surface area contributed by atoms with Gasteiger partial charge in [-0.3, -0.25) is 5.43 Å². The van der Waals surface area contributed by atoms with Crippen LogP contribution < -0.4 is 5.43 Å². The van der Waals surface area contributed by atoms with E-state index in [1.807, 2.05) is 24.3 Å². The molecule has 112 valence electrons. The monoisotopic (exact) mass is 314 g/mol. The van der Waals surface area contributed by atoms with Crippen molar-refractivity contribution < 1.29 is 0 Å². The van der Waals surface area contributed by atoms with Gasteiger partial charge in [-0.25, -0.2) is 0 Å². The maximum atomic E-state index is 5.86. The molecule has 1 fully saturated rings. The van der Waals surface area contributed by atoms with Crippen LogP contribution in [0.1, 0.15) is 46.5 Å². The van der Waals surface area contributed by atoms with Crippen molar-refractivity contribution in [3.05, 3.63) is 29.3 Å². The second kappa shape index (κ2) is 7.33. The molecule has 1 N–H and O–H groups in total. The smallest absolute Gasteiger partial charge is 0.0562 e. The Morgan fingerprint density at radius 1 is 1.10 bits per heavy atom. The number of hydrogen-bond acceptors (Lipinski definition) is 2. The molecule has 1 aromatic carbocycles. The lowest BCUT2D eigenvalue weighted by atomic mass is 9.72. The van der Waals surface area contributed by atoms with Gasteiger partial charge in [0.25, 0.3) is 0 Å². The zero-order valence-electron chi connectivity index (χ0n) is 12.4. The first-order valence-electron chi connectivity index (χ1n) is 7.02. The molecule has 1 saturated carbocycles. The van der Waals surface area contributed by atoms with Gasteiger partial charge in [-0.15, -0.1) is 12.4 Å². The molecule has 0 unspecified atom stereocenters. The third-order valence-corrected chi connectivity index (χ3v) is 4.23. The molecule has 0 bridgehead atoms. The number of nitrogens with zero attached hydrogens (tertiary/aromatic N) is 1. The van der Waals surface area contributed by atoms with E-state index in [1.165, 1.54) is 18.6 Å². The Morgan fingerprint density at radius 3 is 2.15 bits per heavy atom.